The number of rotatable bonds is 3. The fourth-order valence-corrected chi connectivity index (χ4v) is 3.03. The van der Waals surface area contributed by atoms with Crippen molar-refractivity contribution in [1.82, 2.24) is 19.6 Å². The van der Waals surface area contributed by atoms with E-state index in [9.17, 15) is 13.2 Å². The summed E-state index contributed by atoms with van der Waals surface area (Å²) in [5.74, 6) is -1.90. The molecule has 5 rings (SSSR count). The molecule has 1 fully saturated rings. The molecule has 0 unspecified atom stereocenters. The maximum Gasteiger partial charge on any atom is 0.182 e. The van der Waals surface area contributed by atoms with Gasteiger partial charge >= 0.3 is 0 Å². The van der Waals surface area contributed by atoms with Crippen molar-refractivity contribution >= 4 is 5.65 Å². The smallest absolute Gasteiger partial charge is 0.182 e. The van der Waals surface area contributed by atoms with Crippen molar-refractivity contribution in [3.63, 3.8) is 0 Å². The molecule has 0 saturated heterocycles. The molecular weight excluding hydrogens is 345 g/mol. The van der Waals surface area contributed by atoms with Gasteiger partial charge in [0.25, 0.3) is 0 Å². The molecule has 4 aromatic rings. The van der Waals surface area contributed by atoms with Gasteiger partial charge in [0.05, 0.1) is 0 Å². The minimum absolute atomic E-state index is 0.0290. The number of benzene rings is 1. The Kier molecular flexibility index (Phi) is 3.15. The summed E-state index contributed by atoms with van der Waals surface area (Å²) >= 11 is 0. The van der Waals surface area contributed by atoms with Gasteiger partial charge in [-0.05, 0) is 31.0 Å². The predicted octanol–water partition coefficient (Wildman–Crippen LogP) is 4.35. The van der Waals surface area contributed by atoms with Crippen LogP contribution in [0.15, 0.2) is 41.3 Å². The van der Waals surface area contributed by atoms with Gasteiger partial charge in [0.1, 0.15) is 17.3 Å². The lowest BCUT2D eigenvalue weighted by molar-refractivity contribution is 0.497. The summed E-state index contributed by atoms with van der Waals surface area (Å²) in [7, 11) is 0. The lowest BCUT2D eigenvalue weighted by Gasteiger charge is -2.06. The van der Waals surface area contributed by atoms with Crippen LogP contribution >= 0.6 is 0 Å². The van der Waals surface area contributed by atoms with Crippen molar-refractivity contribution in [2.24, 2.45) is 0 Å². The molecule has 3 aromatic heterocycles. The summed E-state index contributed by atoms with van der Waals surface area (Å²) in [6.07, 6.45) is 5.00. The summed E-state index contributed by atoms with van der Waals surface area (Å²) < 4.78 is 48.6. The van der Waals surface area contributed by atoms with E-state index < -0.39 is 17.5 Å². The molecule has 0 N–H and O–H groups in total. The summed E-state index contributed by atoms with van der Waals surface area (Å²) in [4.78, 5) is 3.96. The summed E-state index contributed by atoms with van der Waals surface area (Å²) in [5, 5.41) is 8.33. The highest BCUT2D eigenvalue weighted by atomic mass is 19.2. The monoisotopic (exact) mass is 356 g/mol. The molecule has 0 spiro atoms. The lowest BCUT2D eigenvalue weighted by Crippen LogP contribution is -1.95. The fraction of sp³-hybridized carbons (Fsp3) is 0.167. The van der Waals surface area contributed by atoms with Crippen LogP contribution in [0.1, 0.15) is 24.6 Å². The van der Waals surface area contributed by atoms with Crippen LogP contribution in [-0.2, 0) is 0 Å². The molecule has 1 aliphatic carbocycles. The van der Waals surface area contributed by atoms with Crippen LogP contribution in [-0.4, -0.2) is 19.6 Å². The van der Waals surface area contributed by atoms with Gasteiger partial charge in [0, 0.05) is 29.3 Å². The number of fused-ring (bicyclic) bond motifs is 1. The third-order valence-electron chi connectivity index (χ3n) is 4.45. The maximum absolute atomic E-state index is 14.2. The highest BCUT2D eigenvalue weighted by molar-refractivity contribution is 5.77. The van der Waals surface area contributed by atoms with Crippen LogP contribution < -0.4 is 0 Å². The lowest BCUT2D eigenvalue weighted by atomic mass is 10.1. The molecular formula is C18H11F3N4O. The zero-order chi connectivity index (χ0) is 17.8. The SMILES string of the molecule is Fc1cc(F)c(F)c(-c2ncoc2-c2ccc3nnc(C4CC4)n3c2)c1. The average molecular weight is 356 g/mol. The van der Waals surface area contributed by atoms with Crippen LogP contribution in [0.4, 0.5) is 13.2 Å². The number of nitrogens with zero attached hydrogens (tertiary/aromatic N) is 4. The first kappa shape index (κ1) is 15.1. The van der Waals surface area contributed by atoms with Gasteiger partial charge in [-0.1, -0.05) is 0 Å². The normalized spacial score (nSPS) is 14.3. The standard InChI is InChI=1S/C18H11F3N4O/c19-11-5-12(15(21)13(20)6-11)16-17(26-8-22-16)10-3-4-14-23-24-18(9-1-2-9)25(14)7-10/h3-9H,1-2H2. The zero-order valence-electron chi connectivity index (χ0n) is 13.3. The van der Waals surface area contributed by atoms with Crippen molar-refractivity contribution in [1.29, 1.82) is 0 Å². The van der Waals surface area contributed by atoms with Crippen molar-refractivity contribution in [3.05, 3.63) is 60.1 Å². The topological polar surface area (TPSA) is 56.2 Å². The van der Waals surface area contributed by atoms with Gasteiger partial charge in [0.2, 0.25) is 0 Å². The number of halogens is 3. The maximum atomic E-state index is 14.2. The van der Waals surface area contributed by atoms with E-state index in [1.807, 2.05) is 4.40 Å². The average Bonchev–Trinajstić information content (AvgIpc) is 3.19. The van der Waals surface area contributed by atoms with E-state index in [0.717, 1.165) is 31.1 Å². The molecule has 0 radical (unpaired) electrons. The molecule has 0 atom stereocenters. The van der Waals surface area contributed by atoms with Gasteiger partial charge in [-0.2, -0.15) is 0 Å². The second-order valence-electron chi connectivity index (χ2n) is 6.26. The van der Waals surface area contributed by atoms with Gasteiger partial charge in [-0.15, -0.1) is 10.2 Å². The Morgan fingerprint density at radius 1 is 1.08 bits per heavy atom. The number of aromatic nitrogens is 4. The van der Waals surface area contributed by atoms with E-state index in [2.05, 4.69) is 15.2 Å². The summed E-state index contributed by atoms with van der Waals surface area (Å²) in [5.41, 5.74) is 0.995. The highest BCUT2D eigenvalue weighted by Crippen LogP contribution is 2.40. The minimum atomic E-state index is -1.28. The Morgan fingerprint density at radius 3 is 2.73 bits per heavy atom. The molecule has 1 aliphatic rings. The minimum Gasteiger partial charge on any atom is -0.443 e. The first-order valence-corrected chi connectivity index (χ1v) is 8.05. The van der Waals surface area contributed by atoms with Crippen LogP contribution in [0.2, 0.25) is 0 Å². The van der Waals surface area contributed by atoms with E-state index in [1.165, 1.54) is 0 Å². The third kappa shape index (κ3) is 2.29. The van der Waals surface area contributed by atoms with E-state index in [0.29, 0.717) is 23.2 Å². The zero-order valence-corrected chi connectivity index (χ0v) is 13.3. The molecule has 0 aliphatic heterocycles. The van der Waals surface area contributed by atoms with Gasteiger partial charge in [-0.25, -0.2) is 18.2 Å². The number of oxazole rings is 1. The first-order chi connectivity index (χ1) is 12.6. The van der Waals surface area contributed by atoms with Crippen LogP contribution in [0.25, 0.3) is 28.2 Å². The van der Waals surface area contributed by atoms with E-state index in [-0.39, 0.29) is 17.0 Å². The van der Waals surface area contributed by atoms with Crippen molar-refractivity contribution in [3.8, 4) is 22.6 Å². The van der Waals surface area contributed by atoms with E-state index >= 15 is 0 Å². The Bertz CT molecular complexity index is 1150. The van der Waals surface area contributed by atoms with Gasteiger partial charge in [-0.3, -0.25) is 4.40 Å². The number of hydrogen-bond donors (Lipinski definition) is 0. The fourth-order valence-electron chi connectivity index (χ4n) is 3.03. The summed E-state index contributed by atoms with van der Waals surface area (Å²) in [6.45, 7) is 0. The first-order valence-electron chi connectivity index (χ1n) is 8.05. The Balaban J connectivity index is 1.68. The van der Waals surface area contributed by atoms with Crippen LogP contribution in [0, 0.1) is 17.5 Å². The second kappa shape index (κ2) is 5.42. The quantitative estimate of drug-likeness (QED) is 0.512. The largest absolute Gasteiger partial charge is 0.443 e. The molecule has 5 nitrogen and oxygen atoms in total. The number of hydrogen-bond acceptors (Lipinski definition) is 4. The van der Waals surface area contributed by atoms with Crippen LogP contribution in [0.5, 0.6) is 0 Å². The molecule has 1 aromatic carbocycles. The van der Waals surface area contributed by atoms with Crippen LogP contribution in [0.3, 0.4) is 0 Å². The summed E-state index contributed by atoms with van der Waals surface area (Å²) in [6, 6.07) is 4.86. The highest BCUT2D eigenvalue weighted by Gasteiger charge is 2.29. The Morgan fingerprint density at radius 2 is 1.92 bits per heavy atom. The van der Waals surface area contributed by atoms with E-state index in [4.69, 9.17) is 4.42 Å². The molecule has 8 heteroatoms. The second-order valence-corrected chi connectivity index (χ2v) is 6.26. The van der Waals surface area contributed by atoms with E-state index in [1.54, 1.807) is 18.3 Å². The van der Waals surface area contributed by atoms with Crippen molar-refractivity contribution in [2.45, 2.75) is 18.8 Å². The molecule has 3 heterocycles. The number of pyridine rings is 1. The molecule has 0 amide bonds. The Labute approximate surface area is 145 Å². The Hall–Kier alpha value is -3.16. The third-order valence-corrected chi connectivity index (χ3v) is 4.45. The molecule has 130 valence electrons. The van der Waals surface area contributed by atoms with Gasteiger partial charge < -0.3 is 4.42 Å². The van der Waals surface area contributed by atoms with Crippen molar-refractivity contribution in [2.75, 3.05) is 0 Å². The van der Waals surface area contributed by atoms with Gasteiger partial charge in [0.15, 0.2) is 29.4 Å². The molecule has 26 heavy (non-hydrogen) atoms. The van der Waals surface area contributed by atoms with Crippen molar-refractivity contribution < 1.29 is 17.6 Å². The predicted molar refractivity (Wildman–Crippen MR) is 85.8 cm³/mol. The molecule has 1 saturated carbocycles. The molecule has 0 bridgehead atoms.